The quantitative estimate of drug-likeness (QED) is 0.609. The number of aromatic nitrogens is 1. The topological polar surface area (TPSA) is 68.2 Å². The van der Waals surface area contributed by atoms with Crippen molar-refractivity contribution < 1.29 is 13.2 Å². The second-order valence-corrected chi connectivity index (χ2v) is 10.3. The molecule has 1 unspecified atom stereocenters. The molecule has 7 heteroatoms. The number of sulfone groups is 1. The zero-order valence-corrected chi connectivity index (χ0v) is 18.5. The second-order valence-electron chi connectivity index (χ2n) is 7.27. The average molecular weight is 473 g/mol. The van der Waals surface area contributed by atoms with E-state index in [0.29, 0.717) is 22.4 Å². The van der Waals surface area contributed by atoms with E-state index in [2.05, 4.69) is 21.2 Å². The molecule has 2 aromatic carbocycles. The summed E-state index contributed by atoms with van der Waals surface area (Å²) in [6.45, 7) is 3.88. The van der Waals surface area contributed by atoms with Gasteiger partial charge in [-0.05, 0) is 56.2 Å². The van der Waals surface area contributed by atoms with Crippen molar-refractivity contribution in [3.63, 3.8) is 0 Å². The third-order valence-electron chi connectivity index (χ3n) is 5.35. The number of nitrogens with zero attached hydrogens (tertiary/aromatic N) is 1. The van der Waals surface area contributed by atoms with Gasteiger partial charge in [0, 0.05) is 21.5 Å². The van der Waals surface area contributed by atoms with Gasteiger partial charge in [-0.1, -0.05) is 40.2 Å². The molecule has 0 spiro atoms. The first-order valence-electron chi connectivity index (χ1n) is 9.35. The lowest BCUT2D eigenvalue weighted by molar-refractivity contribution is 0.0934. The Bertz CT molecular complexity index is 1210. The lowest BCUT2D eigenvalue weighted by atomic mass is 10.0. The van der Waals surface area contributed by atoms with Crippen LogP contribution in [0, 0.1) is 13.8 Å². The standard InChI is InChI=1S/C22H21BrN2O3S/c1-14-12-19(15(2)25(14)17-7-5-6-16(23)13-17)22(26)24-20-10-11-29(27,28)21-9-4-3-8-18(20)21/h3-9,12-13,20H,10-11H2,1-2H3,(H,24,26). The zero-order valence-electron chi connectivity index (χ0n) is 16.1. The van der Waals surface area contributed by atoms with E-state index in [1.54, 1.807) is 24.3 Å². The summed E-state index contributed by atoms with van der Waals surface area (Å²) in [6, 6.07) is 16.4. The van der Waals surface area contributed by atoms with Gasteiger partial charge in [-0.2, -0.15) is 0 Å². The summed E-state index contributed by atoms with van der Waals surface area (Å²) in [5.41, 5.74) is 4.02. The van der Waals surface area contributed by atoms with Gasteiger partial charge in [0.2, 0.25) is 0 Å². The van der Waals surface area contributed by atoms with E-state index >= 15 is 0 Å². The summed E-state index contributed by atoms with van der Waals surface area (Å²) in [5.74, 6) is -0.162. The van der Waals surface area contributed by atoms with E-state index in [9.17, 15) is 13.2 Å². The van der Waals surface area contributed by atoms with E-state index < -0.39 is 9.84 Å². The normalized spacial score (nSPS) is 17.6. The fraction of sp³-hybridized carbons (Fsp3) is 0.227. The van der Waals surface area contributed by atoms with Crippen LogP contribution in [0.3, 0.4) is 0 Å². The molecule has 0 saturated carbocycles. The molecule has 5 nitrogen and oxygen atoms in total. The van der Waals surface area contributed by atoms with E-state index in [0.717, 1.165) is 21.5 Å². The Balaban J connectivity index is 1.66. The average Bonchev–Trinajstić information content (AvgIpc) is 2.98. The van der Waals surface area contributed by atoms with Crippen LogP contribution >= 0.6 is 15.9 Å². The summed E-state index contributed by atoms with van der Waals surface area (Å²) in [6.07, 6.45) is 0.370. The van der Waals surface area contributed by atoms with Crippen LogP contribution in [0.15, 0.2) is 64.0 Å². The smallest absolute Gasteiger partial charge is 0.253 e. The molecule has 1 aliphatic rings. The largest absolute Gasteiger partial charge is 0.345 e. The molecule has 150 valence electrons. The van der Waals surface area contributed by atoms with Crippen molar-refractivity contribution in [1.29, 1.82) is 0 Å². The van der Waals surface area contributed by atoms with Gasteiger partial charge in [0.05, 0.1) is 22.3 Å². The molecule has 1 amide bonds. The van der Waals surface area contributed by atoms with Gasteiger partial charge in [0.15, 0.2) is 9.84 Å². The minimum absolute atomic E-state index is 0.0338. The number of fused-ring (bicyclic) bond motifs is 1. The predicted molar refractivity (Wildman–Crippen MR) is 116 cm³/mol. The number of rotatable bonds is 3. The van der Waals surface area contributed by atoms with Crippen LogP contribution < -0.4 is 5.32 Å². The van der Waals surface area contributed by atoms with Crippen LogP contribution in [0.25, 0.3) is 5.69 Å². The first-order chi connectivity index (χ1) is 13.8. The minimum atomic E-state index is -3.29. The first kappa shape index (κ1) is 19.9. The van der Waals surface area contributed by atoms with Gasteiger partial charge in [-0.25, -0.2) is 8.42 Å². The molecule has 1 atom stereocenters. The van der Waals surface area contributed by atoms with Crippen LogP contribution in [0.5, 0.6) is 0 Å². The van der Waals surface area contributed by atoms with E-state index in [-0.39, 0.29) is 17.7 Å². The Morgan fingerprint density at radius 3 is 2.62 bits per heavy atom. The van der Waals surface area contributed by atoms with Gasteiger partial charge in [0.1, 0.15) is 0 Å². The first-order valence-corrected chi connectivity index (χ1v) is 11.8. The Morgan fingerprint density at radius 2 is 1.86 bits per heavy atom. The fourth-order valence-corrected chi connectivity index (χ4v) is 5.99. The molecular weight excluding hydrogens is 452 g/mol. The van der Waals surface area contributed by atoms with Gasteiger partial charge in [-0.3, -0.25) is 4.79 Å². The monoisotopic (exact) mass is 472 g/mol. The van der Waals surface area contributed by atoms with E-state index in [4.69, 9.17) is 0 Å². The number of aryl methyl sites for hydroxylation is 1. The highest BCUT2D eigenvalue weighted by molar-refractivity contribution is 9.10. The Labute approximate surface area is 178 Å². The SMILES string of the molecule is Cc1cc(C(=O)NC2CCS(=O)(=O)c3ccccc32)c(C)n1-c1cccc(Br)c1. The molecule has 0 radical (unpaired) electrons. The fourth-order valence-electron chi connectivity index (χ4n) is 3.98. The number of carbonyl (C=O) groups excluding carboxylic acids is 1. The van der Waals surface area contributed by atoms with Gasteiger partial charge < -0.3 is 9.88 Å². The molecule has 29 heavy (non-hydrogen) atoms. The van der Waals surface area contributed by atoms with Crippen molar-refractivity contribution in [2.45, 2.75) is 31.2 Å². The maximum atomic E-state index is 13.1. The minimum Gasteiger partial charge on any atom is -0.345 e. The van der Waals surface area contributed by atoms with Gasteiger partial charge in [-0.15, -0.1) is 0 Å². The number of carbonyl (C=O) groups is 1. The predicted octanol–water partition coefficient (Wildman–Crippen LogP) is 4.51. The van der Waals surface area contributed by atoms with Crippen molar-refractivity contribution in [2.75, 3.05) is 5.75 Å². The second kappa shape index (κ2) is 7.46. The van der Waals surface area contributed by atoms with Crippen molar-refractivity contribution in [3.05, 3.63) is 81.6 Å². The molecule has 4 rings (SSSR count). The summed E-state index contributed by atoms with van der Waals surface area (Å²) in [5, 5.41) is 3.05. The van der Waals surface area contributed by atoms with Crippen LogP contribution in [0.1, 0.15) is 39.8 Å². The number of nitrogens with one attached hydrogen (secondary N) is 1. The van der Waals surface area contributed by atoms with Crippen molar-refractivity contribution in [3.8, 4) is 5.69 Å². The summed E-state index contributed by atoms with van der Waals surface area (Å²) in [4.78, 5) is 13.4. The molecule has 1 aromatic heterocycles. The maximum absolute atomic E-state index is 13.1. The van der Waals surface area contributed by atoms with Crippen LogP contribution in [0.4, 0.5) is 0 Å². The highest BCUT2D eigenvalue weighted by Crippen LogP contribution is 2.32. The highest BCUT2D eigenvalue weighted by atomic mass is 79.9. The Hall–Kier alpha value is -2.38. The third-order valence-corrected chi connectivity index (χ3v) is 7.66. The van der Waals surface area contributed by atoms with E-state index in [1.807, 2.05) is 48.7 Å². The molecule has 0 fully saturated rings. The van der Waals surface area contributed by atoms with Crippen LogP contribution in [-0.4, -0.2) is 24.6 Å². The number of benzene rings is 2. The number of hydrogen-bond acceptors (Lipinski definition) is 3. The summed E-state index contributed by atoms with van der Waals surface area (Å²) in [7, 11) is -3.29. The number of halogens is 1. The molecule has 3 aromatic rings. The lowest BCUT2D eigenvalue weighted by Gasteiger charge is -2.26. The van der Waals surface area contributed by atoms with Crippen LogP contribution in [-0.2, 0) is 9.84 Å². The molecule has 0 saturated heterocycles. The molecule has 1 aliphatic heterocycles. The highest BCUT2D eigenvalue weighted by Gasteiger charge is 2.31. The van der Waals surface area contributed by atoms with Crippen molar-refractivity contribution >= 4 is 31.7 Å². The summed E-state index contributed by atoms with van der Waals surface area (Å²) >= 11 is 3.49. The van der Waals surface area contributed by atoms with Crippen LogP contribution in [0.2, 0.25) is 0 Å². The van der Waals surface area contributed by atoms with Crippen molar-refractivity contribution in [1.82, 2.24) is 9.88 Å². The van der Waals surface area contributed by atoms with Gasteiger partial charge >= 0.3 is 0 Å². The molecule has 0 aliphatic carbocycles. The Kier molecular flexibility index (Phi) is 5.12. The van der Waals surface area contributed by atoms with Crippen molar-refractivity contribution in [2.24, 2.45) is 0 Å². The zero-order chi connectivity index (χ0) is 20.8. The lowest BCUT2D eigenvalue weighted by Crippen LogP contribution is -2.34. The van der Waals surface area contributed by atoms with Gasteiger partial charge in [0.25, 0.3) is 5.91 Å². The van der Waals surface area contributed by atoms with E-state index in [1.165, 1.54) is 0 Å². The molecule has 1 N–H and O–H groups in total. The number of hydrogen-bond donors (Lipinski definition) is 1. The molecular formula is C22H21BrN2O3S. The maximum Gasteiger partial charge on any atom is 0.253 e. The Morgan fingerprint density at radius 1 is 1.10 bits per heavy atom. The molecule has 2 heterocycles. The third kappa shape index (κ3) is 3.65. The summed E-state index contributed by atoms with van der Waals surface area (Å²) < 4.78 is 27.7. The number of amides is 1. The molecule has 0 bridgehead atoms.